The van der Waals surface area contributed by atoms with Crippen LogP contribution in [0.1, 0.15) is 16.2 Å². The van der Waals surface area contributed by atoms with E-state index in [1.807, 2.05) is 47.8 Å². The van der Waals surface area contributed by atoms with Crippen LogP contribution in [0, 0.1) is 0 Å². The van der Waals surface area contributed by atoms with E-state index in [4.69, 9.17) is 4.42 Å². The molecule has 0 unspecified atom stereocenters. The number of rotatable bonds is 4. The molecular weight excluding hydrogens is 310 g/mol. The van der Waals surface area contributed by atoms with Gasteiger partial charge in [0.1, 0.15) is 12.0 Å². The van der Waals surface area contributed by atoms with Crippen LogP contribution in [0.3, 0.4) is 0 Å². The molecule has 4 aromatic rings. The van der Waals surface area contributed by atoms with E-state index < -0.39 is 0 Å². The highest BCUT2D eigenvalue weighted by Crippen LogP contribution is 2.23. The minimum Gasteiger partial charge on any atom is -0.443 e. The number of H-pyrrole nitrogens is 1. The third-order valence-electron chi connectivity index (χ3n) is 3.49. The number of oxazole rings is 1. The van der Waals surface area contributed by atoms with Crippen LogP contribution < -0.4 is 5.32 Å². The Hall–Kier alpha value is -2.86. The number of thiophene rings is 1. The van der Waals surface area contributed by atoms with Gasteiger partial charge in [-0.05, 0) is 23.6 Å². The number of amides is 1. The van der Waals surface area contributed by atoms with Crippen molar-refractivity contribution in [3.05, 3.63) is 65.5 Å². The fourth-order valence-corrected chi connectivity index (χ4v) is 3.02. The van der Waals surface area contributed by atoms with Gasteiger partial charge < -0.3 is 14.7 Å². The van der Waals surface area contributed by atoms with Crippen LogP contribution in [-0.2, 0) is 6.54 Å². The van der Waals surface area contributed by atoms with E-state index in [-0.39, 0.29) is 5.91 Å². The monoisotopic (exact) mass is 323 g/mol. The Morgan fingerprint density at radius 2 is 2.17 bits per heavy atom. The first-order chi connectivity index (χ1) is 11.3. The lowest BCUT2D eigenvalue weighted by molar-refractivity contribution is 0.0946. The lowest BCUT2D eigenvalue weighted by atomic mass is 10.2. The third kappa shape index (κ3) is 2.76. The van der Waals surface area contributed by atoms with Crippen LogP contribution in [0.15, 0.2) is 58.5 Å². The Morgan fingerprint density at radius 1 is 1.26 bits per heavy atom. The summed E-state index contributed by atoms with van der Waals surface area (Å²) in [6.07, 6.45) is 1.57. The molecule has 114 valence electrons. The number of fused-ring (bicyclic) bond motifs is 1. The highest BCUT2D eigenvalue weighted by molar-refractivity contribution is 7.13. The molecule has 0 fully saturated rings. The fraction of sp³-hybridized carbons (Fsp3) is 0.0588. The summed E-state index contributed by atoms with van der Waals surface area (Å²) in [5.74, 6) is 0.414. The summed E-state index contributed by atoms with van der Waals surface area (Å²) in [5.41, 5.74) is 2.17. The standard InChI is InChI=1S/C17H13N3O2S/c21-16(14-8-11-4-1-2-5-13(11)20-14)18-9-12-10-22-17(19-12)15-6-3-7-23-15/h1-8,10,20H,9H2,(H,18,21). The number of carbonyl (C=O) groups excluding carboxylic acids is 1. The first kappa shape index (κ1) is 13.8. The molecule has 2 N–H and O–H groups in total. The molecule has 1 amide bonds. The summed E-state index contributed by atoms with van der Waals surface area (Å²) in [6, 6.07) is 13.5. The maximum absolute atomic E-state index is 12.2. The second kappa shape index (κ2) is 5.73. The Bertz CT molecular complexity index is 920. The number of hydrogen-bond donors (Lipinski definition) is 2. The van der Waals surface area contributed by atoms with E-state index >= 15 is 0 Å². The topological polar surface area (TPSA) is 70.9 Å². The third-order valence-corrected chi connectivity index (χ3v) is 4.35. The van der Waals surface area contributed by atoms with Crippen molar-refractivity contribution in [1.82, 2.24) is 15.3 Å². The van der Waals surface area contributed by atoms with E-state index in [1.54, 1.807) is 17.6 Å². The van der Waals surface area contributed by atoms with E-state index in [0.29, 0.717) is 23.8 Å². The summed E-state index contributed by atoms with van der Waals surface area (Å²) >= 11 is 1.56. The van der Waals surface area contributed by atoms with Crippen LogP contribution in [0.5, 0.6) is 0 Å². The first-order valence-electron chi connectivity index (χ1n) is 7.14. The van der Waals surface area contributed by atoms with Gasteiger partial charge in [-0.15, -0.1) is 11.3 Å². The molecule has 1 aromatic carbocycles. The lowest BCUT2D eigenvalue weighted by Crippen LogP contribution is -2.23. The number of aromatic nitrogens is 2. The van der Waals surface area contributed by atoms with Crippen LogP contribution >= 0.6 is 11.3 Å². The SMILES string of the molecule is O=C(NCc1coc(-c2cccs2)n1)c1cc2ccccc2[nH]1. The van der Waals surface area contributed by atoms with E-state index in [1.165, 1.54) is 0 Å². The number of aromatic amines is 1. The van der Waals surface area contributed by atoms with E-state index in [0.717, 1.165) is 15.8 Å². The van der Waals surface area contributed by atoms with Crippen molar-refractivity contribution in [3.63, 3.8) is 0 Å². The zero-order valence-corrected chi connectivity index (χ0v) is 12.9. The van der Waals surface area contributed by atoms with Gasteiger partial charge in [0.25, 0.3) is 5.91 Å². The van der Waals surface area contributed by atoms with Gasteiger partial charge in [0.05, 0.1) is 17.1 Å². The van der Waals surface area contributed by atoms with Crippen molar-refractivity contribution in [2.24, 2.45) is 0 Å². The molecule has 0 aliphatic heterocycles. The van der Waals surface area contributed by atoms with E-state index in [2.05, 4.69) is 15.3 Å². The summed E-state index contributed by atoms with van der Waals surface area (Å²) in [6.45, 7) is 0.322. The molecule has 0 bridgehead atoms. The second-order valence-corrected chi connectivity index (χ2v) is 6.02. The number of hydrogen-bond acceptors (Lipinski definition) is 4. The summed E-state index contributed by atoms with van der Waals surface area (Å²) in [5, 5.41) is 5.83. The summed E-state index contributed by atoms with van der Waals surface area (Å²) in [4.78, 5) is 20.7. The van der Waals surface area contributed by atoms with Crippen molar-refractivity contribution in [3.8, 4) is 10.8 Å². The first-order valence-corrected chi connectivity index (χ1v) is 8.02. The Kier molecular flexibility index (Phi) is 3.44. The minimum atomic E-state index is -0.165. The van der Waals surface area contributed by atoms with Crippen molar-refractivity contribution in [1.29, 1.82) is 0 Å². The summed E-state index contributed by atoms with van der Waals surface area (Å²) < 4.78 is 5.44. The smallest absolute Gasteiger partial charge is 0.268 e. The van der Waals surface area contributed by atoms with Crippen molar-refractivity contribution >= 4 is 28.1 Å². The number of nitrogens with one attached hydrogen (secondary N) is 2. The number of carbonyl (C=O) groups is 1. The number of benzene rings is 1. The molecule has 4 rings (SSSR count). The zero-order valence-electron chi connectivity index (χ0n) is 12.1. The molecule has 0 saturated heterocycles. The molecule has 0 aliphatic carbocycles. The Morgan fingerprint density at radius 3 is 3.00 bits per heavy atom. The molecule has 0 aliphatic rings. The normalized spacial score (nSPS) is 11.0. The summed E-state index contributed by atoms with van der Waals surface area (Å²) in [7, 11) is 0. The molecule has 3 heterocycles. The fourth-order valence-electron chi connectivity index (χ4n) is 2.36. The van der Waals surface area contributed by atoms with Gasteiger partial charge in [-0.25, -0.2) is 4.98 Å². The Balaban J connectivity index is 1.45. The molecule has 0 radical (unpaired) electrons. The van der Waals surface area contributed by atoms with Crippen LogP contribution in [-0.4, -0.2) is 15.9 Å². The van der Waals surface area contributed by atoms with Crippen molar-refractivity contribution in [2.45, 2.75) is 6.54 Å². The molecule has 0 saturated carbocycles. The lowest BCUT2D eigenvalue weighted by Gasteiger charge is -2.00. The van der Waals surface area contributed by atoms with Crippen molar-refractivity contribution < 1.29 is 9.21 Å². The van der Waals surface area contributed by atoms with Crippen molar-refractivity contribution in [2.75, 3.05) is 0 Å². The molecule has 0 spiro atoms. The van der Waals surface area contributed by atoms with E-state index in [9.17, 15) is 4.79 Å². The second-order valence-electron chi connectivity index (χ2n) is 5.07. The maximum atomic E-state index is 12.2. The predicted octanol–water partition coefficient (Wildman–Crippen LogP) is 3.81. The molecule has 0 atom stereocenters. The average molecular weight is 323 g/mol. The predicted molar refractivity (Wildman–Crippen MR) is 89.3 cm³/mol. The quantitative estimate of drug-likeness (QED) is 0.600. The number of para-hydroxylation sites is 1. The van der Waals surface area contributed by atoms with Gasteiger partial charge in [0.2, 0.25) is 5.89 Å². The van der Waals surface area contributed by atoms with Gasteiger partial charge in [0, 0.05) is 10.9 Å². The van der Waals surface area contributed by atoms with Gasteiger partial charge >= 0.3 is 0 Å². The molecule has 5 nitrogen and oxygen atoms in total. The maximum Gasteiger partial charge on any atom is 0.268 e. The zero-order chi connectivity index (χ0) is 15.6. The average Bonchev–Trinajstić information content (AvgIpc) is 3.31. The largest absolute Gasteiger partial charge is 0.443 e. The van der Waals surface area contributed by atoms with Crippen LogP contribution in [0.25, 0.3) is 21.7 Å². The molecule has 3 aromatic heterocycles. The number of nitrogens with zero attached hydrogens (tertiary/aromatic N) is 1. The molecule has 23 heavy (non-hydrogen) atoms. The van der Waals surface area contributed by atoms with Gasteiger partial charge in [-0.2, -0.15) is 0 Å². The van der Waals surface area contributed by atoms with Crippen LogP contribution in [0.4, 0.5) is 0 Å². The minimum absolute atomic E-state index is 0.165. The Labute approximate surface area is 136 Å². The van der Waals surface area contributed by atoms with Crippen LogP contribution in [0.2, 0.25) is 0 Å². The van der Waals surface area contributed by atoms with Gasteiger partial charge in [-0.3, -0.25) is 4.79 Å². The van der Waals surface area contributed by atoms with Gasteiger partial charge in [0.15, 0.2) is 0 Å². The highest BCUT2D eigenvalue weighted by Gasteiger charge is 2.11. The van der Waals surface area contributed by atoms with Gasteiger partial charge in [-0.1, -0.05) is 24.3 Å². The highest BCUT2D eigenvalue weighted by atomic mass is 32.1. The molecule has 6 heteroatoms. The molecular formula is C17H13N3O2S.